The third-order valence-electron chi connectivity index (χ3n) is 5.10. The number of hydrogen-bond donors (Lipinski definition) is 2. The van der Waals surface area contributed by atoms with E-state index in [0.29, 0.717) is 32.9 Å². The van der Waals surface area contributed by atoms with Gasteiger partial charge in [-0.15, -0.1) is 0 Å². The van der Waals surface area contributed by atoms with Crippen molar-refractivity contribution in [2.75, 3.05) is 31.0 Å². The zero-order valence-corrected chi connectivity index (χ0v) is 19.3. The van der Waals surface area contributed by atoms with Crippen molar-refractivity contribution in [2.24, 2.45) is 5.92 Å². The monoisotopic (exact) mass is 479 g/mol. The minimum atomic E-state index is -0.799. The fourth-order valence-electron chi connectivity index (χ4n) is 3.35. The normalized spacial score (nSPS) is 16.5. The Labute approximate surface area is 195 Å². The lowest BCUT2D eigenvalue weighted by Gasteiger charge is -2.21. The van der Waals surface area contributed by atoms with E-state index >= 15 is 0 Å². The molecule has 3 amide bonds. The van der Waals surface area contributed by atoms with E-state index in [2.05, 4.69) is 10.6 Å². The number of rotatable bonds is 7. The van der Waals surface area contributed by atoms with E-state index in [1.54, 1.807) is 43.3 Å². The summed E-state index contributed by atoms with van der Waals surface area (Å²) >= 11 is 12.1. The predicted octanol–water partition coefficient (Wildman–Crippen LogP) is 3.51. The van der Waals surface area contributed by atoms with E-state index in [4.69, 9.17) is 32.7 Å². The Bertz CT molecular complexity index is 1030. The summed E-state index contributed by atoms with van der Waals surface area (Å²) in [5.74, 6) is -0.837. The first kappa shape index (κ1) is 23.7. The van der Waals surface area contributed by atoms with Crippen LogP contribution in [0.2, 0.25) is 10.0 Å². The molecule has 32 heavy (non-hydrogen) atoms. The van der Waals surface area contributed by atoms with Crippen molar-refractivity contribution >= 4 is 52.3 Å². The lowest BCUT2D eigenvalue weighted by atomic mass is 10.1. The predicted molar refractivity (Wildman–Crippen MR) is 123 cm³/mol. The molecule has 8 nitrogen and oxygen atoms in total. The minimum Gasteiger partial charge on any atom is -0.495 e. The Hall–Kier alpha value is -2.97. The van der Waals surface area contributed by atoms with Crippen LogP contribution in [0, 0.1) is 5.92 Å². The molecule has 0 aromatic heterocycles. The highest BCUT2D eigenvalue weighted by atomic mass is 35.5. The summed E-state index contributed by atoms with van der Waals surface area (Å²) in [6.45, 7) is 1.71. The highest BCUT2D eigenvalue weighted by Crippen LogP contribution is 2.40. The number of nitrogens with one attached hydrogen (secondary N) is 2. The summed E-state index contributed by atoms with van der Waals surface area (Å²) in [6, 6.07) is 8.98. The number of ether oxygens (including phenoxy) is 2. The van der Waals surface area contributed by atoms with Crippen LogP contribution in [-0.4, -0.2) is 44.5 Å². The number of methoxy groups -OCH3 is 2. The van der Waals surface area contributed by atoms with Crippen molar-refractivity contribution in [2.45, 2.75) is 19.4 Å². The van der Waals surface area contributed by atoms with Gasteiger partial charge in [0, 0.05) is 29.7 Å². The average Bonchev–Trinajstić information content (AvgIpc) is 3.16. The third kappa shape index (κ3) is 5.26. The van der Waals surface area contributed by atoms with Crippen LogP contribution < -0.4 is 25.0 Å². The van der Waals surface area contributed by atoms with Gasteiger partial charge in [0.2, 0.25) is 17.7 Å². The molecule has 3 rings (SSSR count). The highest BCUT2D eigenvalue weighted by molar-refractivity contribution is 6.32. The first-order valence-electron chi connectivity index (χ1n) is 9.82. The molecule has 1 heterocycles. The molecule has 0 saturated carbocycles. The second kappa shape index (κ2) is 10.1. The smallest absolute Gasteiger partial charge is 0.246 e. The van der Waals surface area contributed by atoms with Crippen molar-refractivity contribution in [1.29, 1.82) is 0 Å². The van der Waals surface area contributed by atoms with Crippen molar-refractivity contribution in [3.63, 3.8) is 0 Å². The van der Waals surface area contributed by atoms with Crippen LogP contribution in [0.5, 0.6) is 11.5 Å². The minimum absolute atomic E-state index is 0.00413. The summed E-state index contributed by atoms with van der Waals surface area (Å²) in [4.78, 5) is 39.2. The van der Waals surface area contributed by atoms with Crippen molar-refractivity contribution in [3.05, 3.63) is 46.4 Å². The zero-order valence-electron chi connectivity index (χ0n) is 17.8. The average molecular weight is 480 g/mol. The van der Waals surface area contributed by atoms with Crippen LogP contribution in [0.3, 0.4) is 0 Å². The topological polar surface area (TPSA) is 97.0 Å². The molecule has 2 N–H and O–H groups in total. The Balaban J connectivity index is 1.65. The van der Waals surface area contributed by atoms with Gasteiger partial charge in [-0.05, 0) is 37.3 Å². The highest BCUT2D eigenvalue weighted by Gasteiger charge is 2.37. The molecule has 1 aliphatic rings. The number of amides is 3. The van der Waals surface area contributed by atoms with Crippen LogP contribution in [0.25, 0.3) is 0 Å². The molecule has 1 fully saturated rings. The van der Waals surface area contributed by atoms with Gasteiger partial charge in [-0.25, -0.2) is 0 Å². The molecule has 10 heteroatoms. The number of carbonyl (C=O) groups excluding carboxylic acids is 3. The molecule has 0 spiro atoms. The van der Waals surface area contributed by atoms with E-state index in [1.807, 2.05) is 0 Å². The van der Waals surface area contributed by atoms with Gasteiger partial charge < -0.3 is 25.0 Å². The second-order valence-electron chi connectivity index (χ2n) is 7.29. The fraction of sp³-hybridized carbons (Fsp3) is 0.318. The van der Waals surface area contributed by atoms with Crippen LogP contribution in [0.1, 0.15) is 13.3 Å². The molecule has 1 saturated heterocycles. The van der Waals surface area contributed by atoms with Gasteiger partial charge in [-0.1, -0.05) is 23.2 Å². The second-order valence-corrected chi connectivity index (χ2v) is 8.13. The van der Waals surface area contributed by atoms with Gasteiger partial charge in [0.05, 0.1) is 30.8 Å². The van der Waals surface area contributed by atoms with Crippen LogP contribution in [0.15, 0.2) is 36.4 Å². The number of nitrogens with zero attached hydrogens (tertiary/aromatic N) is 1. The number of anilines is 2. The number of hydrogen-bond acceptors (Lipinski definition) is 5. The number of benzene rings is 2. The summed E-state index contributed by atoms with van der Waals surface area (Å²) in [7, 11) is 2.95. The number of carbonyl (C=O) groups is 3. The molecule has 0 aliphatic carbocycles. The molecule has 1 aliphatic heterocycles. The van der Waals surface area contributed by atoms with Crippen molar-refractivity contribution in [3.8, 4) is 11.5 Å². The molecule has 2 aromatic carbocycles. The molecule has 2 aromatic rings. The maximum atomic E-state index is 12.7. The Kier molecular flexibility index (Phi) is 7.48. The molecular formula is C22H23Cl2N3O5. The third-order valence-corrected chi connectivity index (χ3v) is 5.65. The van der Waals surface area contributed by atoms with Gasteiger partial charge in [-0.3, -0.25) is 14.4 Å². The van der Waals surface area contributed by atoms with Gasteiger partial charge in [0.25, 0.3) is 0 Å². The quantitative estimate of drug-likeness (QED) is 0.633. The van der Waals surface area contributed by atoms with Gasteiger partial charge in [0.1, 0.15) is 17.5 Å². The first-order valence-corrected chi connectivity index (χ1v) is 10.6. The lowest BCUT2D eigenvalue weighted by Crippen LogP contribution is -2.44. The Morgan fingerprint density at radius 3 is 2.38 bits per heavy atom. The maximum Gasteiger partial charge on any atom is 0.246 e. The van der Waals surface area contributed by atoms with Crippen molar-refractivity contribution < 1.29 is 23.9 Å². The molecule has 2 atom stereocenters. The maximum absolute atomic E-state index is 12.7. The molecule has 0 radical (unpaired) electrons. The van der Waals surface area contributed by atoms with Crippen LogP contribution >= 0.6 is 23.2 Å². The van der Waals surface area contributed by atoms with E-state index in [-0.39, 0.29) is 24.8 Å². The Morgan fingerprint density at radius 1 is 1.09 bits per heavy atom. The summed E-state index contributed by atoms with van der Waals surface area (Å²) in [5.41, 5.74) is 1.01. The number of halogens is 2. The summed E-state index contributed by atoms with van der Waals surface area (Å²) in [6.07, 6.45) is 0.00413. The fourth-order valence-corrected chi connectivity index (χ4v) is 3.71. The van der Waals surface area contributed by atoms with Crippen LogP contribution in [0.4, 0.5) is 11.4 Å². The SMILES string of the molecule is COc1cc(OC)c(N2C[C@H](C(=O)N[C@H](C)C(=O)Nc3ccc(Cl)cc3)CC2=O)cc1Cl. The van der Waals surface area contributed by atoms with Crippen molar-refractivity contribution in [1.82, 2.24) is 5.32 Å². The van der Waals surface area contributed by atoms with Crippen LogP contribution in [-0.2, 0) is 14.4 Å². The lowest BCUT2D eigenvalue weighted by molar-refractivity contribution is -0.129. The molecular weight excluding hydrogens is 457 g/mol. The van der Waals surface area contributed by atoms with Gasteiger partial charge >= 0.3 is 0 Å². The van der Waals surface area contributed by atoms with Gasteiger partial charge in [-0.2, -0.15) is 0 Å². The Morgan fingerprint density at radius 2 is 1.75 bits per heavy atom. The summed E-state index contributed by atoms with van der Waals surface area (Å²) < 4.78 is 10.5. The molecule has 170 valence electrons. The largest absolute Gasteiger partial charge is 0.495 e. The standard InChI is InChI=1S/C22H23Cl2N3O5/c1-12(21(29)26-15-6-4-14(23)5-7-15)25-22(30)13-8-20(28)27(11-13)17-9-16(24)18(31-2)10-19(17)32-3/h4-7,9-10,12-13H,8,11H2,1-3H3,(H,25,30)(H,26,29)/t12-,13-/m1/s1. The van der Waals surface area contributed by atoms with E-state index in [1.165, 1.54) is 19.1 Å². The van der Waals surface area contributed by atoms with E-state index in [0.717, 1.165) is 0 Å². The van der Waals surface area contributed by atoms with E-state index in [9.17, 15) is 14.4 Å². The summed E-state index contributed by atoms with van der Waals surface area (Å²) in [5, 5.41) is 6.25. The zero-order chi connectivity index (χ0) is 23.4. The molecule has 0 unspecified atom stereocenters. The first-order chi connectivity index (χ1) is 15.2. The van der Waals surface area contributed by atoms with E-state index < -0.39 is 17.9 Å². The van der Waals surface area contributed by atoms with Gasteiger partial charge in [0.15, 0.2) is 0 Å². The molecule has 0 bridgehead atoms.